The van der Waals surface area contributed by atoms with Gasteiger partial charge in [0.15, 0.2) is 6.29 Å². The van der Waals surface area contributed by atoms with E-state index in [-0.39, 0.29) is 17.1 Å². The highest BCUT2D eigenvalue weighted by Crippen LogP contribution is 2.43. The molecule has 0 bridgehead atoms. The largest absolute Gasteiger partial charge is 0.348 e. The Morgan fingerprint density at radius 3 is 3.00 bits per heavy atom. The highest BCUT2D eigenvalue weighted by atomic mass is 32.2. The van der Waals surface area contributed by atoms with Gasteiger partial charge >= 0.3 is 0 Å². The zero-order valence-electron chi connectivity index (χ0n) is 7.99. The molecule has 13 heavy (non-hydrogen) atoms. The minimum atomic E-state index is -0.0338. The molecular weight excluding hydrogens is 186 g/mol. The summed E-state index contributed by atoms with van der Waals surface area (Å²) in [5, 5.41) is 0. The van der Waals surface area contributed by atoms with E-state index in [1.165, 1.54) is 18.6 Å². The highest BCUT2D eigenvalue weighted by Gasteiger charge is 2.43. The highest BCUT2D eigenvalue weighted by molar-refractivity contribution is 8.00. The van der Waals surface area contributed by atoms with E-state index in [0.29, 0.717) is 13.2 Å². The topological polar surface area (TPSA) is 44.5 Å². The molecule has 0 aromatic heterocycles. The molecular formula is C9H17NO2S. The zero-order chi connectivity index (χ0) is 9.31. The predicted octanol–water partition coefficient (Wildman–Crippen LogP) is 0.972. The average Bonchev–Trinajstić information content (AvgIpc) is 2.72. The van der Waals surface area contributed by atoms with Crippen LogP contribution in [0.1, 0.15) is 19.8 Å². The zero-order valence-corrected chi connectivity index (χ0v) is 8.81. The van der Waals surface area contributed by atoms with E-state index in [4.69, 9.17) is 15.2 Å². The molecule has 2 saturated heterocycles. The Hall–Kier alpha value is 0.230. The Morgan fingerprint density at radius 2 is 2.46 bits per heavy atom. The van der Waals surface area contributed by atoms with E-state index >= 15 is 0 Å². The fourth-order valence-electron chi connectivity index (χ4n) is 1.88. The van der Waals surface area contributed by atoms with Gasteiger partial charge in [-0.25, -0.2) is 0 Å². The maximum atomic E-state index is 5.73. The molecule has 0 aromatic carbocycles. The molecule has 0 amide bonds. The maximum absolute atomic E-state index is 5.73. The van der Waals surface area contributed by atoms with Crippen molar-refractivity contribution in [2.75, 3.05) is 18.9 Å². The summed E-state index contributed by atoms with van der Waals surface area (Å²) < 4.78 is 11.5. The second kappa shape index (κ2) is 3.77. The van der Waals surface area contributed by atoms with Crippen LogP contribution in [0.4, 0.5) is 0 Å². The summed E-state index contributed by atoms with van der Waals surface area (Å²) in [5.41, 5.74) is 5.53. The standard InChI is InChI=1S/C9H17NO2S/c1-9(3-2-4-13-9)8-11-6-7(5-10)12-8/h7-8H,2-6,10H2,1H3. The monoisotopic (exact) mass is 203 g/mol. The van der Waals surface area contributed by atoms with Crippen LogP contribution in [0.5, 0.6) is 0 Å². The van der Waals surface area contributed by atoms with Crippen molar-refractivity contribution in [3.8, 4) is 0 Å². The first-order valence-corrected chi connectivity index (χ1v) is 5.84. The van der Waals surface area contributed by atoms with Crippen molar-refractivity contribution >= 4 is 11.8 Å². The van der Waals surface area contributed by atoms with Gasteiger partial charge in [-0.2, -0.15) is 11.8 Å². The number of hydrogen-bond donors (Lipinski definition) is 1. The number of hydrogen-bond acceptors (Lipinski definition) is 4. The van der Waals surface area contributed by atoms with Crippen molar-refractivity contribution in [2.45, 2.75) is 36.9 Å². The maximum Gasteiger partial charge on any atom is 0.172 e. The summed E-state index contributed by atoms with van der Waals surface area (Å²) in [6.07, 6.45) is 2.55. The SMILES string of the molecule is CC1(C2OCC(CN)O2)CCCS1. The third kappa shape index (κ3) is 1.86. The van der Waals surface area contributed by atoms with Gasteiger partial charge in [-0.3, -0.25) is 0 Å². The van der Waals surface area contributed by atoms with E-state index in [1.807, 2.05) is 11.8 Å². The van der Waals surface area contributed by atoms with E-state index < -0.39 is 0 Å². The third-order valence-electron chi connectivity index (χ3n) is 2.76. The second-order valence-electron chi connectivity index (χ2n) is 3.92. The van der Waals surface area contributed by atoms with Crippen LogP contribution >= 0.6 is 11.8 Å². The molecule has 0 radical (unpaired) electrons. The molecule has 4 heteroatoms. The minimum absolute atomic E-state index is 0.0338. The smallest absolute Gasteiger partial charge is 0.172 e. The van der Waals surface area contributed by atoms with Crippen LogP contribution in [0.2, 0.25) is 0 Å². The van der Waals surface area contributed by atoms with Gasteiger partial charge in [0.05, 0.1) is 17.5 Å². The minimum Gasteiger partial charge on any atom is -0.348 e. The Labute approximate surface area is 83.3 Å². The molecule has 3 nitrogen and oxygen atoms in total. The number of ether oxygens (including phenoxy) is 2. The van der Waals surface area contributed by atoms with Gasteiger partial charge in [0.2, 0.25) is 0 Å². The molecule has 76 valence electrons. The number of thioether (sulfide) groups is 1. The molecule has 2 heterocycles. The van der Waals surface area contributed by atoms with Gasteiger partial charge < -0.3 is 15.2 Å². The molecule has 2 N–H and O–H groups in total. The first-order valence-electron chi connectivity index (χ1n) is 4.86. The molecule has 3 atom stereocenters. The fraction of sp³-hybridized carbons (Fsp3) is 1.00. The second-order valence-corrected chi connectivity index (χ2v) is 5.55. The molecule has 2 fully saturated rings. The van der Waals surface area contributed by atoms with Gasteiger partial charge in [0, 0.05) is 6.54 Å². The Bertz CT molecular complexity index is 182. The molecule has 2 aliphatic heterocycles. The van der Waals surface area contributed by atoms with Gasteiger partial charge in [0.25, 0.3) is 0 Å². The molecule has 2 rings (SSSR count). The number of nitrogens with two attached hydrogens (primary N) is 1. The summed E-state index contributed by atoms with van der Waals surface area (Å²) in [7, 11) is 0. The first-order chi connectivity index (χ1) is 6.24. The van der Waals surface area contributed by atoms with Crippen molar-refractivity contribution < 1.29 is 9.47 Å². The Balaban J connectivity index is 1.94. The lowest BCUT2D eigenvalue weighted by atomic mass is 10.1. The van der Waals surface area contributed by atoms with Gasteiger partial charge in [-0.05, 0) is 25.5 Å². The van der Waals surface area contributed by atoms with Crippen molar-refractivity contribution in [2.24, 2.45) is 5.73 Å². The molecule has 2 aliphatic rings. The summed E-state index contributed by atoms with van der Waals surface area (Å²) in [6.45, 7) is 3.46. The van der Waals surface area contributed by atoms with Gasteiger partial charge in [-0.1, -0.05) is 0 Å². The van der Waals surface area contributed by atoms with Crippen molar-refractivity contribution in [1.82, 2.24) is 0 Å². The molecule has 0 aromatic rings. The van der Waals surface area contributed by atoms with E-state index in [2.05, 4.69) is 6.92 Å². The van der Waals surface area contributed by atoms with Gasteiger partial charge in [0.1, 0.15) is 0 Å². The predicted molar refractivity (Wildman–Crippen MR) is 53.8 cm³/mol. The van der Waals surface area contributed by atoms with Crippen molar-refractivity contribution in [3.63, 3.8) is 0 Å². The number of rotatable bonds is 2. The normalized spacial score (nSPS) is 45.7. The van der Waals surface area contributed by atoms with E-state index in [9.17, 15) is 0 Å². The van der Waals surface area contributed by atoms with E-state index in [1.54, 1.807) is 0 Å². The summed E-state index contributed by atoms with van der Waals surface area (Å²) in [5.74, 6) is 1.23. The lowest BCUT2D eigenvalue weighted by Crippen LogP contribution is -2.35. The Morgan fingerprint density at radius 1 is 1.62 bits per heavy atom. The van der Waals surface area contributed by atoms with Crippen molar-refractivity contribution in [1.29, 1.82) is 0 Å². The quantitative estimate of drug-likeness (QED) is 0.726. The molecule has 3 unspecified atom stereocenters. The molecule has 0 aliphatic carbocycles. The molecule has 0 saturated carbocycles. The summed E-state index contributed by atoms with van der Waals surface area (Å²) >= 11 is 1.96. The van der Waals surface area contributed by atoms with Gasteiger partial charge in [-0.15, -0.1) is 0 Å². The average molecular weight is 203 g/mol. The van der Waals surface area contributed by atoms with Crippen LogP contribution in [0, 0.1) is 0 Å². The first kappa shape index (κ1) is 9.77. The molecule has 0 spiro atoms. The van der Waals surface area contributed by atoms with Crippen LogP contribution in [-0.2, 0) is 9.47 Å². The van der Waals surface area contributed by atoms with Crippen LogP contribution in [0.15, 0.2) is 0 Å². The van der Waals surface area contributed by atoms with Crippen LogP contribution in [0.3, 0.4) is 0 Å². The van der Waals surface area contributed by atoms with Crippen molar-refractivity contribution in [3.05, 3.63) is 0 Å². The third-order valence-corrected chi connectivity index (χ3v) is 4.31. The van der Waals surface area contributed by atoms with E-state index in [0.717, 1.165) is 0 Å². The van der Waals surface area contributed by atoms with Crippen LogP contribution in [-0.4, -0.2) is 36.0 Å². The lowest BCUT2D eigenvalue weighted by Gasteiger charge is -2.28. The Kier molecular flexibility index (Phi) is 2.83. The summed E-state index contributed by atoms with van der Waals surface area (Å²) in [6, 6.07) is 0. The summed E-state index contributed by atoms with van der Waals surface area (Å²) in [4.78, 5) is 0. The lowest BCUT2D eigenvalue weighted by molar-refractivity contribution is -0.0784. The fourth-order valence-corrected chi connectivity index (χ4v) is 3.18. The van der Waals surface area contributed by atoms with Crippen LogP contribution < -0.4 is 5.73 Å². The van der Waals surface area contributed by atoms with Crippen LogP contribution in [0.25, 0.3) is 0 Å².